The molecule has 0 heterocycles. The maximum Gasteiger partial charge on any atom is 0.261 e. The number of ether oxygens (including phenoxy) is 1. The number of hydrogen-bond donors (Lipinski definition) is 1. The lowest BCUT2D eigenvalue weighted by molar-refractivity contribution is -0.142. The zero-order valence-corrected chi connectivity index (χ0v) is 20.4. The Balaban J connectivity index is 2.23. The van der Waals surface area contributed by atoms with E-state index in [9.17, 15) is 9.59 Å². The quantitative estimate of drug-likeness (QED) is 0.602. The van der Waals surface area contributed by atoms with Crippen LogP contribution in [0.15, 0.2) is 36.4 Å². The van der Waals surface area contributed by atoms with Crippen molar-refractivity contribution in [3.8, 4) is 5.75 Å². The van der Waals surface area contributed by atoms with Crippen molar-refractivity contribution < 1.29 is 14.3 Å². The molecule has 0 bridgehead atoms. The molecule has 0 spiro atoms. The van der Waals surface area contributed by atoms with E-state index in [-0.39, 0.29) is 25.0 Å². The summed E-state index contributed by atoms with van der Waals surface area (Å²) in [4.78, 5) is 27.4. The summed E-state index contributed by atoms with van der Waals surface area (Å²) in [6.07, 6.45) is 0. The van der Waals surface area contributed by atoms with E-state index in [0.717, 1.165) is 16.7 Å². The van der Waals surface area contributed by atoms with E-state index in [0.29, 0.717) is 15.8 Å². The molecule has 31 heavy (non-hydrogen) atoms. The third-order valence-corrected chi connectivity index (χ3v) is 5.70. The van der Waals surface area contributed by atoms with Crippen LogP contribution in [0, 0.1) is 13.8 Å². The number of hydrogen-bond acceptors (Lipinski definition) is 3. The summed E-state index contributed by atoms with van der Waals surface area (Å²) in [7, 11) is 0. The molecular formula is C24H30Cl2N2O3. The van der Waals surface area contributed by atoms with Gasteiger partial charge in [0, 0.05) is 22.1 Å². The van der Waals surface area contributed by atoms with Crippen LogP contribution in [0.1, 0.15) is 44.4 Å². The molecule has 0 fully saturated rings. The number of rotatable bonds is 7. The minimum absolute atomic E-state index is 0.194. The molecule has 0 saturated carbocycles. The van der Waals surface area contributed by atoms with Gasteiger partial charge in [0.1, 0.15) is 11.8 Å². The van der Waals surface area contributed by atoms with Crippen molar-refractivity contribution in [1.82, 2.24) is 10.2 Å². The van der Waals surface area contributed by atoms with E-state index >= 15 is 0 Å². The number of carbonyl (C=O) groups excluding carboxylic acids is 2. The maximum atomic E-state index is 13.1. The van der Waals surface area contributed by atoms with Crippen LogP contribution < -0.4 is 10.1 Å². The van der Waals surface area contributed by atoms with E-state index in [4.69, 9.17) is 27.9 Å². The average molecular weight is 465 g/mol. The van der Waals surface area contributed by atoms with Gasteiger partial charge in [0.05, 0.1) is 0 Å². The van der Waals surface area contributed by atoms with Crippen LogP contribution in [0.25, 0.3) is 0 Å². The molecule has 0 aromatic heterocycles. The minimum Gasteiger partial charge on any atom is -0.484 e. The second kappa shape index (κ2) is 10.4. The number of nitrogens with one attached hydrogen (secondary N) is 1. The van der Waals surface area contributed by atoms with Crippen molar-refractivity contribution in [1.29, 1.82) is 0 Å². The summed E-state index contributed by atoms with van der Waals surface area (Å²) in [6, 6.07) is 10.1. The molecule has 0 aliphatic carbocycles. The monoisotopic (exact) mass is 464 g/mol. The Morgan fingerprint density at radius 2 is 1.68 bits per heavy atom. The van der Waals surface area contributed by atoms with Crippen molar-refractivity contribution in [3.63, 3.8) is 0 Å². The van der Waals surface area contributed by atoms with Gasteiger partial charge in [-0.25, -0.2) is 0 Å². The fourth-order valence-electron chi connectivity index (χ4n) is 3.08. The number of amides is 2. The van der Waals surface area contributed by atoms with Gasteiger partial charge in [0.2, 0.25) is 5.91 Å². The van der Waals surface area contributed by atoms with Crippen LogP contribution in [0.5, 0.6) is 5.75 Å². The third-order valence-electron chi connectivity index (χ3n) is 4.74. The molecule has 1 atom stereocenters. The Bertz CT molecular complexity index is 931. The van der Waals surface area contributed by atoms with E-state index in [1.165, 1.54) is 4.90 Å². The molecule has 7 heteroatoms. The average Bonchev–Trinajstić information content (AvgIpc) is 2.67. The van der Waals surface area contributed by atoms with E-state index in [1.54, 1.807) is 25.1 Å². The van der Waals surface area contributed by atoms with Crippen LogP contribution in [-0.4, -0.2) is 34.9 Å². The van der Waals surface area contributed by atoms with Crippen LogP contribution in [0.2, 0.25) is 10.0 Å². The van der Waals surface area contributed by atoms with Crippen molar-refractivity contribution in [2.75, 3.05) is 6.61 Å². The first-order valence-electron chi connectivity index (χ1n) is 10.1. The predicted octanol–water partition coefficient (Wildman–Crippen LogP) is 5.32. The van der Waals surface area contributed by atoms with Gasteiger partial charge in [-0.15, -0.1) is 0 Å². The lowest BCUT2D eigenvalue weighted by atomic mass is 10.1. The molecule has 2 aromatic rings. The van der Waals surface area contributed by atoms with Crippen LogP contribution >= 0.6 is 23.2 Å². The first-order valence-corrected chi connectivity index (χ1v) is 10.9. The zero-order chi connectivity index (χ0) is 23.3. The molecular weight excluding hydrogens is 435 g/mol. The second-order valence-corrected chi connectivity index (χ2v) is 9.47. The van der Waals surface area contributed by atoms with Gasteiger partial charge >= 0.3 is 0 Å². The molecule has 5 nitrogen and oxygen atoms in total. The highest BCUT2D eigenvalue weighted by Crippen LogP contribution is 2.26. The molecule has 2 amide bonds. The van der Waals surface area contributed by atoms with Crippen LogP contribution in [0.3, 0.4) is 0 Å². The summed E-state index contributed by atoms with van der Waals surface area (Å²) in [5.41, 5.74) is 2.08. The normalized spacial score (nSPS) is 12.3. The number of nitrogens with zero attached hydrogens (tertiary/aromatic N) is 1. The highest BCUT2D eigenvalue weighted by molar-refractivity contribution is 6.32. The lowest BCUT2D eigenvalue weighted by Gasteiger charge is -2.31. The van der Waals surface area contributed by atoms with E-state index in [2.05, 4.69) is 5.32 Å². The van der Waals surface area contributed by atoms with Gasteiger partial charge in [-0.2, -0.15) is 0 Å². The van der Waals surface area contributed by atoms with E-state index < -0.39 is 11.6 Å². The molecule has 1 N–H and O–H groups in total. The smallest absolute Gasteiger partial charge is 0.261 e. The highest BCUT2D eigenvalue weighted by atomic mass is 35.5. The Labute approximate surface area is 194 Å². The Morgan fingerprint density at radius 3 is 2.23 bits per heavy atom. The summed E-state index contributed by atoms with van der Waals surface area (Å²) in [6.45, 7) is 11.1. The fraction of sp³-hybridized carbons (Fsp3) is 0.417. The van der Waals surface area contributed by atoms with Crippen molar-refractivity contribution in [2.24, 2.45) is 0 Å². The van der Waals surface area contributed by atoms with Gasteiger partial charge in [0.25, 0.3) is 5.91 Å². The molecule has 0 radical (unpaired) electrons. The van der Waals surface area contributed by atoms with Gasteiger partial charge < -0.3 is 15.0 Å². The maximum absolute atomic E-state index is 13.1. The van der Waals surface area contributed by atoms with Crippen LogP contribution in [-0.2, 0) is 16.1 Å². The molecule has 168 valence electrons. The molecule has 0 aliphatic rings. The molecule has 0 aliphatic heterocycles. The summed E-state index contributed by atoms with van der Waals surface area (Å²) in [5, 5.41) is 4.14. The number of aryl methyl sites for hydroxylation is 2. The first-order chi connectivity index (χ1) is 14.4. The predicted molar refractivity (Wildman–Crippen MR) is 126 cm³/mol. The van der Waals surface area contributed by atoms with Crippen molar-refractivity contribution in [2.45, 2.75) is 59.7 Å². The van der Waals surface area contributed by atoms with Gasteiger partial charge in [-0.05, 0) is 76.4 Å². The Kier molecular flexibility index (Phi) is 8.38. The topological polar surface area (TPSA) is 58.6 Å². The second-order valence-electron chi connectivity index (χ2n) is 8.69. The standard InChI is InChI=1S/C24H30Cl2N2O3/c1-15-11-19(12-16(2)22(15)26)31-14-21(29)28(13-18-9-7-8-10-20(18)25)17(3)23(30)27-24(4,5)6/h7-12,17H,13-14H2,1-6H3,(H,27,30)/t17-/m0/s1. The minimum atomic E-state index is -0.708. The first kappa shape index (κ1) is 25.0. The van der Waals surface area contributed by atoms with E-state index in [1.807, 2.05) is 52.8 Å². The third kappa shape index (κ3) is 7.15. The van der Waals surface area contributed by atoms with Gasteiger partial charge in [-0.3, -0.25) is 9.59 Å². The van der Waals surface area contributed by atoms with Gasteiger partial charge in [-0.1, -0.05) is 41.4 Å². The molecule has 2 rings (SSSR count). The number of benzene rings is 2. The Morgan fingerprint density at radius 1 is 1.10 bits per heavy atom. The summed E-state index contributed by atoms with van der Waals surface area (Å²) < 4.78 is 5.75. The van der Waals surface area contributed by atoms with Gasteiger partial charge in [0.15, 0.2) is 6.61 Å². The summed E-state index contributed by atoms with van der Waals surface area (Å²) in [5.74, 6) is -0.00920. The number of halogens is 2. The fourth-order valence-corrected chi connectivity index (χ4v) is 3.39. The number of carbonyl (C=O) groups is 2. The zero-order valence-electron chi connectivity index (χ0n) is 18.9. The Hall–Kier alpha value is -2.24. The largest absolute Gasteiger partial charge is 0.484 e. The SMILES string of the molecule is Cc1cc(OCC(=O)N(Cc2ccccc2Cl)[C@@H](C)C(=O)NC(C)(C)C)cc(C)c1Cl. The van der Waals surface area contributed by atoms with Crippen molar-refractivity contribution in [3.05, 3.63) is 63.1 Å². The summed E-state index contributed by atoms with van der Waals surface area (Å²) >= 11 is 12.5. The highest BCUT2D eigenvalue weighted by Gasteiger charge is 2.29. The molecule has 2 aromatic carbocycles. The molecule has 0 saturated heterocycles. The lowest BCUT2D eigenvalue weighted by Crippen LogP contribution is -2.53. The molecule has 0 unspecified atom stereocenters. The van der Waals surface area contributed by atoms with Crippen LogP contribution in [0.4, 0.5) is 0 Å². The van der Waals surface area contributed by atoms with Crippen molar-refractivity contribution >= 4 is 35.0 Å².